The van der Waals surface area contributed by atoms with Crippen LogP contribution in [0, 0.1) is 6.92 Å². The normalized spacial score (nSPS) is 14.8. The Balaban J connectivity index is 2.33. The molecular weight excluding hydrogens is 184 g/mol. The Kier molecular flexibility index (Phi) is 1.86. The summed E-state index contributed by atoms with van der Waals surface area (Å²) < 4.78 is 0. The highest BCUT2D eigenvalue weighted by atomic mass is 14.7. The van der Waals surface area contributed by atoms with Gasteiger partial charge < -0.3 is 10.7 Å². The first-order chi connectivity index (χ1) is 7.29. The smallest absolute Gasteiger partial charge is 0.0462 e. The molecule has 15 heavy (non-hydrogen) atoms. The van der Waals surface area contributed by atoms with E-state index in [0.29, 0.717) is 6.54 Å². The number of rotatable bonds is 1. The van der Waals surface area contributed by atoms with Crippen LogP contribution in [-0.4, -0.2) is 4.98 Å². The molecule has 0 radical (unpaired) electrons. The number of aryl methyl sites for hydroxylation is 3. The summed E-state index contributed by atoms with van der Waals surface area (Å²) in [5.74, 6) is 0. The Morgan fingerprint density at radius 2 is 2.00 bits per heavy atom. The van der Waals surface area contributed by atoms with Gasteiger partial charge in [0, 0.05) is 23.1 Å². The van der Waals surface area contributed by atoms with E-state index in [-0.39, 0.29) is 0 Å². The molecule has 0 fully saturated rings. The van der Waals surface area contributed by atoms with E-state index in [1.165, 1.54) is 52.5 Å². The Morgan fingerprint density at radius 3 is 2.73 bits per heavy atom. The van der Waals surface area contributed by atoms with Crippen LogP contribution < -0.4 is 5.73 Å². The lowest BCUT2D eigenvalue weighted by Gasteiger charge is -2.00. The molecule has 0 atom stereocenters. The third kappa shape index (κ3) is 1.21. The molecule has 0 amide bonds. The highest BCUT2D eigenvalue weighted by Gasteiger charge is 2.14. The molecule has 1 aliphatic rings. The SMILES string of the molecule is Cc1[nH]c2cc3c(cc2c1CN)CCC3. The predicted molar refractivity (Wildman–Crippen MR) is 63.0 cm³/mol. The van der Waals surface area contributed by atoms with E-state index in [2.05, 4.69) is 24.0 Å². The Hall–Kier alpha value is -1.28. The van der Waals surface area contributed by atoms with Crippen molar-refractivity contribution in [3.63, 3.8) is 0 Å². The zero-order valence-corrected chi connectivity index (χ0v) is 9.06. The van der Waals surface area contributed by atoms with Gasteiger partial charge in [0.2, 0.25) is 0 Å². The first-order valence-corrected chi connectivity index (χ1v) is 5.62. The van der Waals surface area contributed by atoms with E-state index in [1.807, 2.05) is 0 Å². The summed E-state index contributed by atoms with van der Waals surface area (Å²) in [7, 11) is 0. The average molecular weight is 200 g/mol. The third-order valence-corrected chi connectivity index (χ3v) is 3.54. The Bertz CT molecular complexity index is 523. The number of benzene rings is 1. The summed E-state index contributed by atoms with van der Waals surface area (Å²) in [4.78, 5) is 3.43. The van der Waals surface area contributed by atoms with Crippen molar-refractivity contribution in [2.24, 2.45) is 5.73 Å². The molecule has 2 heteroatoms. The minimum atomic E-state index is 0.630. The van der Waals surface area contributed by atoms with Crippen LogP contribution in [0.3, 0.4) is 0 Å². The molecule has 3 N–H and O–H groups in total. The largest absolute Gasteiger partial charge is 0.358 e. The fraction of sp³-hybridized carbons (Fsp3) is 0.385. The van der Waals surface area contributed by atoms with Crippen LogP contribution in [0.15, 0.2) is 12.1 Å². The van der Waals surface area contributed by atoms with Crippen LogP contribution in [0.2, 0.25) is 0 Å². The van der Waals surface area contributed by atoms with Gasteiger partial charge in [0.15, 0.2) is 0 Å². The van der Waals surface area contributed by atoms with E-state index in [1.54, 1.807) is 0 Å². The molecule has 1 aromatic heterocycles. The van der Waals surface area contributed by atoms with Gasteiger partial charge in [0.25, 0.3) is 0 Å². The van der Waals surface area contributed by atoms with Crippen LogP contribution in [0.4, 0.5) is 0 Å². The lowest BCUT2D eigenvalue weighted by molar-refractivity contribution is 0.912. The van der Waals surface area contributed by atoms with E-state index >= 15 is 0 Å². The molecule has 0 aliphatic heterocycles. The lowest BCUT2D eigenvalue weighted by Crippen LogP contribution is -1.97. The van der Waals surface area contributed by atoms with E-state index in [4.69, 9.17) is 5.73 Å². The maximum atomic E-state index is 5.79. The molecule has 78 valence electrons. The standard InChI is InChI=1S/C13H16N2/c1-8-12(7-14)11-5-9-3-2-4-10(9)6-13(11)15-8/h5-6,15H,2-4,7,14H2,1H3. The fourth-order valence-electron chi connectivity index (χ4n) is 2.72. The fourth-order valence-corrected chi connectivity index (χ4v) is 2.72. The van der Waals surface area contributed by atoms with Gasteiger partial charge in [-0.2, -0.15) is 0 Å². The van der Waals surface area contributed by atoms with Crippen molar-refractivity contribution < 1.29 is 0 Å². The Morgan fingerprint density at radius 1 is 1.27 bits per heavy atom. The topological polar surface area (TPSA) is 41.8 Å². The molecule has 0 saturated carbocycles. The quantitative estimate of drug-likeness (QED) is 0.729. The highest BCUT2D eigenvalue weighted by molar-refractivity contribution is 5.86. The minimum Gasteiger partial charge on any atom is -0.358 e. The van der Waals surface area contributed by atoms with Gasteiger partial charge in [-0.25, -0.2) is 0 Å². The van der Waals surface area contributed by atoms with Crippen molar-refractivity contribution >= 4 is 10.9 Å². The van der Waals surface area contributed by atoms with Crippen LogP contribution >= 0.6 is 0 Å². The summed E-state index contributed by atoms with van der Waals surface area (Å²) in [6.07, 6.45) is 3.78. The van der Waals surface area contributed by atoms with Crippen molar-refractivity contribution in [2.75, 3.05) is 0 Å². The first-order valence-electron chi connectivity index (χ1n) is 5.62. The summed E-state index contributed by atoms with van der Waals surface area (Å²) in [6, 6.07) is 4.65. The van der Waals surface area contributed by atoms with Crippen molar-refractivity contribution in [2.45, 2.75) is 32.7 Å². The van der Waals surface area contributed by atoms with E-state index in [0.717, 1.165) is 0 Å². The average Bonchev–Trinajstić information content (AvgIpc) is 2.76. The second kappa shape index (κ2) is 3.11. The molecule has 1 heterocycles. The van der Waals surface area contributed by atoms with E-state index < -0.39 is 0 Å². The number of nitrogens with one attached hydrogen (secondary N) is 1. The summed E-state index contributed by atoms with van der Waals surface area (Å²) in [6.45, 7) is 2.73. The highest BCUT2D eigenvalue weighted by Crippen LogP contribution is 2.30. The molecule has 2 aromatic rings. The van der Waals surface area contributed by atoms with Crippen LogP contribution in [-0.2, 0) is 19.4 Å². The predicted octanol–water partition coefficient (Wildman–Crippen LogP) is 2.42. The van der Waals surface area contributed by atoms with Gasteiger partial charge in [0.1, 0.15) is 0 Å². The number of aromatic nitrogens is 1. The molecular formula is C13H16N2. The van der Waals surface area contributed by atoms with Gasteiger partial charge in [-0.15, -0.1) is 0 Å². The molecule has 3 rings (SSSR count). The maximum Gasteiger partial charge on any atom is 0.0462 e. The summed E-state index contributed by atoms with van der Waals surface area (Å²) >= 11 is 0. The van der Waals surface area contributed by atoms with Gasteiger partial charge in [-0.1, -0.05) is 0 Å². The molecule has 1 aromatic carbocycles. The lowest BCUT2D eigenvalue weighted by atomic mass is 10.0. The number of aromatic amines is 1. The maximum absolute atomic E-state index is 5.79. The monoisotopic (exact) mass is 200 g/mol. The van der Waals surface area contributed by atoms with Crippen LogP contribution in [0.25, 0.3) is 10.9 Å². The third-order valence-electron chi connectivity index (χ3n) is 3.54. The molecule has 0 saturated heterocycles. The van der Waals surface area contributed by atoms with E-state index in [9.17, 15) is 0 Å². The van der Waals surface area contributed by atoms with Gasteiger partial charge in [-0.05, 0) is 55.0 Å². The van der Waals surface area contributed by atoms with Gasteiger partial charge in [-0.3, -0.25) is 0 Å². The van der Waals surface area contributed by atoms with Crippen LogP contribution in [0.1, 0.15) is 28.8 Å². The zero-order valence-electron chi connectivity index (χ0n) is 9.06. The molecule has 0 spiro atoms. The molecule has 1 aliphatic carbocycles. The van der Waals surface area contributed by atoms with Crippen molar-refractivity contribution in [1.29, 1.82) is 0 Å². The molecule has 0 unspecified atom stereocenters. The number of fused-ring (bicyclic) bond motifs is 2. The van der Waals surface area contributed by atoms with Crippen molar-refractivity contribution in [1.82, 2.24) is 4.98 Å². The zero-order chi connectivity index (χ0) is 10.4. The Labute approximate surface area is 89.5 Å². The first kappa shape index (κ1) is 8.98. The number of nitrogens with two attached hydrogens (primary N) is 1. The minimum absolute atomic E-state index is 0.630. The summed E-state index contributed by atoms with van der Waals surface area (Å²) in [5, 5.41) is 1.33. The van der Waals surface area contributed by atoms with Crippen LogP contribution in [0.5, 0.6) is 0 Å². The second-order valence-electron chi connectivity index (χ2n) is 4.45. The number of H-pyrrole nitrogens is 1. The molecule has 2 nitrogen and oxygen atoms in total. The number of hydrogen-bond donors (Lipinski definition) is 2. The van der Waals surface area contributed by atoms with Gasteiger partial charge in [0.05, 0.1) is 0 Å². The number of hydrogen-bond acceptors (Lipinski definition) is 1. The molecule has 0 bridgehead atoms. The van der Waals surface area contributed by atoms with Crippen molar-refractivity contribution in [3.8, 4) is 0 Å². The van der Waals surface area contributed by atoms with Gasteiger partial charge >= 0.3 is 0 Å². The second-order valence-corrected chi connectivity index (χ2v) is 4.45. The van der Waals surface area contributed by atoms with Crippen molar-refractivity contribution in [3.05, 3.63) is 34.5 Å². The summed E-state index contributed by atoms with van der Waals surface area (Å²) in [5.41, 5.74) is 12.6.